The average molecular weight is 281 g/mol. The molecular weight excluding hydrogens is 258 g/mol. The molecule has 106 valence electrons. The SMILES string of the molecule is CC(C)C(=O)N1CCC(NCc2cscn2)C(C)C1. The second-order valence-corrected chi connectivity index (χ2v) is 6.39. The Bertz CT molecular complexity index is 405. The third kappa shape index (κ3) is 3.76. The molecule has 0 spiro atoms. The number of nitrogens with zero attached hydrogens (tertiary/aromatic N) is 2. The summed E-state index contributed by atoms with van der Waals surface area (Å²) < 4.78 is 0. The summed E-state index contributed by atoms with van der Waals surface area (Å²) in [6.45, 7) is 8.73. The van der Waals surface area contributed by atoms with Gasteiger partial charge in [-0.15, -0.1) is 11.3 Å². The second kappa shape index (κ2) is 6.48. The van der Waals surface area contributed by atoms with Gasteiger partial charge in [0, 0.05) is 37.0 Å². The summed E-state index contributed by atoms with van der Waals surface area (Å²) in [7, 11) is 0. The molecule has 0 radical (unpaired) electrons. The van der Waals surface area contributed by atoms with E-state index in [9.17, 15) is 4.79 Å². The summed E-state index contributed by atoms with van der Waals surface area (Å²) in [6, 6.07) is 0.484. The fraction of sp³-hybridized carbons (Fsp3) is 0.714. The van der Waals surface area contributed by atoms with Crippen molar-refractivity contribution in [2.75, 3.05) is 13.1 Å². The van der Waals surface area contributed by atoms with E-state index in [0.717, 1.165) is 31.7 Å². The number of nitrogens with one attached hydrogen (secondary N) is 1. The third-order valence-corrected chi connectivity index (χ3v) is 4.37. The van der Waals surface area contributed by atoms with Crippen LogP contribution in [0.1, 0.15) is 32.9 Å². The molecule has 1 fully saturated rings. The van der Waals surface area contributed by atoms with Crippen molar-refractivity contribution >= 4 is 17.2 Å². The first-order valence-corrected chi connectivity index (χ1v) is 7.91. The Kier molecular flexibility index (Phi) is 4.93. The van der Waals surface area contributed by atoms with Gasteiger partial charge in [-0.1, -0.05) is 20.8 Å². The van der Waals surface area contributed by atoms with Crippen molar-refractivity contribution < 1.29 is 4.79 Å². The van der Waals surface area contributed by atoms with Crippen molar-refractivity contribution in [3.8, 4) is 0 Å². The van der Waals surface area contributed by atoms with Gasteiger partial charge in [0.25, 0.3) is 0 Å². The summed E-state index contributed by atoms with van der Waals surface area (Å²) in [5.41, 5.74) is 2.97. The predicted octanol–water partition coefficient (Wildman–Crippen LogP) is 2.13. The van der Waals surface area contributed by atoms with Gasteiger partial charge in [0.05, 0.1) is 11.2 Å². The van der Waals surface area contributed by atoms with Gasteiger partial charge in [-0.05, 0) is 12.3 Å². The monoisotopic (exact) mass is 281 g/mol. The summed E-state index contributed by atoms with van der Waals surface area (Å²) in [4.78, 5) is 18.3. The molecule has 5 heteroatoms. The lowest BCUT2D eigenvalue weighted by Crippen LogP contribution is -2.50. The van der Waals surface area contributed by atoms with E-state index in [1.54, 1.807) is 11.3 Å². The summed E-state index contributed by atoms with van der Waals surface area (Å²) >= 11 is 1.63. The zero-order valence-electron chi connectivity index (χ0n) is 11.9. The molecule has 1 aliphatic heterocycles. The van der Waals surface area contributed by atoms with Gasteiger partial charge in [0.15, 0.2) is 0 Å². The molecule has 1 N–H and O–H groups in total. The van der Waals surface area contributed by atoms with E-state index in [-0.39, 0.29) is 11.8 Å². The summed E-state index contributed by atoms with van der Waals surface area (Å²) in [5, 5.41) is 5.65. The number of aromatic nitrogens is 1. The van der Waals surface area contributed by atoms with Crippen molar-refractivity contribution in [2.24, 2.45) is 11.8 Å². The minimum Gasteiger partial charge on any atom is -0.342 e. The maximum atomic E-state index is 12.0. The summed E-state index contributed by atoms with van der Waals surface area (Å²) in [5.74, 6) is 0.881. The van der Waals surface area contributed by atoms with Crippen LogP contribution in [0.25, 0.3) is 0 Å². The van der Waals surface area contributed by atoms with Crippen molar-refractivity contribution in [3.63, 3.8) is 0 Å². The van der Waals surface area contributed by atoms with Gasteiger partial charge < -0.3 is 10.2 Å². The van der Waals surface area contributed by atoms with Crippen LogP contribution in [0.15, 0.2) is 10.9 Å². The van der Waals surface area contributed by atoms with Crippen LogP contribution in [0.5, 0.6) is 0 Å². The van der Waals surface area contributed by atoms with Crippen LogP contribution in [-0.4, -0.2) is 34.9 Å². The van der Waals surface area contributed by atoms with Crippen LogP contribution in [0.3, 0.4) is 0 Å². The molecule has 2 unspecified atom stereocenters. The highest BCUT2D eigenvalue weighted by Crippen LogP contribution is 2.19. The number of amides is 1. The van der Waals surface area contributed by atoms with Crippen LogP contribution in [0, 0.1) is 11.8 Å². The van der Waals surface area contributed by atoms with Crippen LogP contribution in [-0.2, 0) is 11.3 Å². The molecule has 0 aromatic carbocycles. The molecule has 19 heavy (non-hydrogen) atoms. The zero-order chi connectivity index (χ0) is 13.8. The summed E-state index contributed by atoms with van der Waals surface area (Å²) in [6.07, 6.45) is 1.03. The highest BCUT2D eigenvalue weighted by Gasteiger charge is 2.29. The van der Waals surface area contributed by atoms with Gasteiger partial charge in [-0.25, -0.2) is 4.98 Å². The van der Waals surface area contributed by atoms with Crippen LogP contribution in [0.4, 0.5) is 0 Å². The molecular formula is C14H23N3OS. The Morgan fingerprint density at radius 3 is 3.00 bits per heavy atom. The van der Waals surface area contributed by atoms with Crippen molar-refractivity contribution in [3.05, 3.63) is 16.6 Å². The van der Waals surface area contributed by atoms with E-state index < -0.39 is 0 Å². The molecule has 1 saturated heterocycles. The normalized spacial score (nSPS) is 23.9. The number of hydrogen-bond donors (Lipinski definition) is 1. The highest BCUT2D eigenvalue weighted by molar-refractivity contribution is 7.07. The number of hydrogen-bond acceptors (Lipinski definition) is 4. The second-order valence-electron chi connectivity index (χ2n) is 5.67. The first-order chi connectivity index (χ1) is 9.08. The predicted molar refractivity (Wildman–Crippen MR) is 77.9 cm³/mol. The smallest absolute Gasteiger partial charge is 0.225 e. The number of piperidine rings is 1. The Morgan fingerprint density at radius 2 is 2.42 bits per heavy atom. The average Bonchev–Trinajstić information content (AvgIpc) is 2.89. The number of thiazole rings is 1. The zero-order valence-corrected chi connectivity index (χ0v) is 12.7. The lowest BCUT2D eigenvalue weighted by molar-refractivity contribution is -0.136. The first kappa shape index (κ1) is 14.5. The van der Waals surface area contributed by atoms with Gasteiger partial charge in [0.1, 0.15) is 0 Å². The van der Waals surface area contributed by atoms with E-state index in [1.165, 1.54) is 0 Å². The van der Waals surface area contributed by atoms with Crippen molar-refractivity contribution in [2.45, 2.75) is 39.8 Å². The van der Waals surface area contributed by atoms with Crippen LogP contribution in [0.2, 0.25) is 0 Å². The minimum atomic E-state index is 0.103. The molecule has 0 saturated carbocycles. The standard InChI is InChI=1S/C14H23N3OS/c1-10(2)14(18)17-5-4-13(11(3)7-17)15-6-12-8-19-9-16-12/h8-11,13,15H,4-7H2,1-3H3. The van der Waals surface area contributed by atoms with Gasteiger partial charge in [-0.3, -0.25) is 4.79 Å². The molecule has 2 rings (SSSR count). The fourth-order valence-electron chi connectivity index (χ4n) is 2.57. The third-order valence-electron chi connectivity index (χ3n) is 3.74. The molecule has 4 nitrogen and oxygen atoms in total. The number of likely N-dealkylation sites (tertiary alicyclic amines) is 1. The van der Waals surface area contributed by atoms with Crippen LogP contribution >= 0.6 is 11.3 Å². The molecule has 1 aromatic heterocycles. The Hall–Kier alpha value is -0.940. The lowest BCUT2D eigenvalue weighted by Gasteiger charge is -2.38. The van der Waals surface area contributed by atoms with Crippen molar-refractivity contribution in [1.82, 2.24) is 15.2 Å². The fourth-order valence-corrected chi connectivity index (χ4v) is 3.13. The Labute approximate surface area is 119 Å². The van der Waals surface area contributed by atoms with E-state index in [1.807, 2.05) is 24.3 Å². The molecule has 1 aromatic rings. The topological polar surface area (TPSA) is 45.2 Å². The Morgan fingerprint density at radius 1 is 1.63 bits per heavy atom. The van der Waals surface area contributed by atoms with E-state index in [4.69, 9.17) is 0 Å². The number of rotatable bonds is 4. The molecule has 2 heterocycles. The number of carbonyl (C=O) groups is 1. The quantitative estimate of drug-likeness (QED) is 0.919. The van der Waals surface area contributed by atoms with Gasteiger partial charge >= 0.3 is 0 Å². The maximum absolute atomic E-state index is 12.0. The van der Waals surface area contributed by atoms with Gasteiger partial charge in [-0.2, -0.15) is 0 Å². The molecule has 0 aliphatic carbocycles. The molecule has 1 aliphatic rings. The van der Waals surface area contributed by atoms with Gasteiger partial charge in [0.2, 0.25) is 5.91 Å². The largest absolute Gasteiger partial charge is 0.342 e. The maximum Gasteiger partial charge on any atom is 0.225 e. The van der Waals surface area contributed by atoms with E-state index >= 15 is 0 Å². The van der Waals surface area contributed by atoms with E-state index in [2.05, 4.69) is 22.6 Å². The van der Waals surface area contributed by atoms with Crippen molar-refractivity contribution in [1.29, 1.82) is 0 Å². The molecule has 0 bridgehead atoms. The first-order valence-electron chi connectivity index (χ1n) is 6.97. The minimum absolute atomic E-state index is 0.103. The van der Waals surface area contributed by atoms with Crippen LogP contribution < -0.4 is 5.32 Å². The van der Waals surface area contributed by atoms with E-state index in [0.29, 0.717) is 12.0 Å². The lowest BCUT2D eigenvalue weighted by atomic mass is 9.93. The highest BCUT2D eigenvalue weighted by atomic mass is 32.1. The molecule has 1 amide bonds. The number of carbonyl (C=O) groups excluding carboxylic acids is 1. The Balaban J connectivity index is 1.81. The molecule has 2 atom stereocenters.